The van der Waals surface area contributed by atoms with E-state index in [4.69, 9.17) is 9.47 Å². The molecule has 0 unspecified atom stereocenters. The number of rotatable bonds is 4. The molecular formula is C21H15FN2O3S. The summed E-state index contributed by atoms with van der Waals surface area (Å²) in [4.78, 5) is 13.4. The Hall–Kier alpha value is -3.37. The van der Waals surface area contributed by atoms with Crippen molar-refractivity contribution in [1.29, 1.82) is 5.26 Å². The highest BCUT2D eigenvalue weighted by Gasteiger charge is 2.19. The molecule has 1 amide bonds. The van der Waals surface area contributed by atoms with Crippen LogP contribution in [0.5, 0.6) is 11.5 Å². The molecule has 0 radical (unpaired) electrons. The molecule has 4 rings (SSSR count). The zero-order valence-corrected chi connectivity index (χ0v) is 15.7. The van der Waals surface area contributed by atoms with Gasteiger partial charge in [0.1, 0.15) is 16.9 Å². The molecule has 0 fully saturated rings. The van der Waals surface area contributed by atoms with E-state index in [0.717, 1.165) is 21.8 Å². The van der Waals surface area contributed by atoms with Gasteiger partial charge in [0.05, 0.1) is 5.56 Å². The van der Waals surface area contributed by atoms with E-state index in [0.29, 0.717) is 28.3 Å². The van der Waals surface area contributed by atoms with Gasteiger partial charge in [-0.2, -0.15) is 5.26 Å². The molecule has 1 aliphatic rings. The number of nitrogens with zero attached hydrogens (tertiary/aromatic N) is 1. The Kier molecular flexibility index (Phi) is 4.72. The minimum Gasteiger partial charge on any atom is -0.454 e. The van der Waals surface area contributed by atoms with Gasteiger partial charge in [0.15, 0.2) is 11.5 Å². The number of fused-ring (bicyclic) bond motifs is 1. The number of benzene rings is 2. The first-order chi connectivity index (χ1) is 13.5. The monoisotopic (exact) mass is 394 g/mol. The van der Waals surface area contributed by atoms with E-state index >= 15 is 0 Å². The minimum absolute atomic E-state index is 0.217. The summed E-state index contributed by atoms with van der Waals surface area (Å²) in [6.07, 6.45) is 0.605. The fourth-order valence-electron chi connectivity index (χ4n) is 2.96. The molecule has 3 aromatic rings. The SMILES string of the molecule is Cc1c(Cc2ccc3c(c2)OCO3)sc(NC(=O)c2ccc(F)cc2)c1C#N. The second kappa shape index (κ2) is 7.33. The second-order valence-corrected chi connectivity index (χ2v) is 7.40. The predicted molar refractivity (Wildman–Crippen MR) is 103 cm³/mol. The molecule has 1 aliphatic heterocycles. The smallest absolute Gasteiger partial charge is 0.256 e. The predicted octanol–water partition coefficient (Wildman–Crippen LogP) is 4.64. The van der Waals surface area contributed by atoms with Crippen molar-refractivity contribution < 1.29 is 18.7 Å². The summed E-state index contributed by atoms with van der Waals surface area (Å²) in [5.74, 6) is 0.633. The normalized spacial score (nSPS) is 11.9. The lowest BCUT2D eigenvalue weighted by atomic mass is 10.1. The highest BCUT2D eigenvalue weighted by atomic mass is 32.1. The van der Waals surface area contributed by atoms with Gasteiger partial charge in [-0.05, 0) is 54.4 Å². The topological polar surface area (TPSA) is 71.3 Å². The Morgan fingerprint density at radius 3 is 2.71 bits per heavy atom. The first-order valence-electron chi connectivity index (χ1n) is 8.53. The average Bonchev–Trinajstić information content (AvgIpc) is 3.26. The lowest BCUT2D eigenvalue weighted by Gasteiger charge is -2.03. The molecule has 2 aromatic carbocycles. The van der Waals surface area contributed by atoms with Crippen LogP contribution in [0.3, 0.4) is 0 Å². The van der Waals surface area contributed by atoms with Crippen molar-refractivity contribution >= 4 is 22.2 Å². The van der Waals surface area contributed by atoms with E-state index in [1.165, 1.54) is 35.6 Å². The van der Waals surface area contributed by atoms with Crippen molar-refractivity contribution in [1.82, 2.24) is 0 Å². The minimum atomic E-state index is -0.410. The Labute approximate surface area is 165 Å². The molecule has 7 heteroatoms. The fraction of sp³-hybridized carbons (Fsp3) is 0.143. The third-order valence-corrected chi connectivity index (χ3v) is 5.70. The highest BCUT2D eigenvalue weighted by Crippen LogP contribution is 2.37. The van der Waals surface area contributed by atoms with Crippen LogP contribution in [0.1, 0.15) is 31.9 Å². The first-order valence-corrected chi connectivity index (χ1v) is 9.34. The molecule has 0 spiro atoms. The van der Waals surface area contributed by atoms with E-state index in [1.54, 1.807) is 0 Å². The summed E-state index contributed by atoms with van der Waals surface area (Å²) in [6.45, 7) is 2.08. The Bertz CT molecular complexity index is 1100. The molecule has 1 aromatic heterocycles. The number of carbonyl (C=O) groups is 1. The summed E-state index contributed by atoms with van der Waals surface area (Å²) in [5, 5.41) is 12.8. The van der Waals surface area contributed by atoms with Crippen LogP contribution < -0.4 is 14.8 Å². The molecule has 2 heterocycles. The summed E-state index contributed by atoms with van der Waals surface area (Å²) in [7, 11) is 0. The van der Waals surface area contributed by atoms with E-state index in [2.05, 4.69) is 11.4 Å². The van der Waals surface area contributed by atoms with Crippen LogP contribution in [0, 0.1) is 24.1 Å². The number of thiophene rings is 1. The zero-order chi connectivity index (χ0) is 19.7. The summed E-state index contributed by atoms with van der Waals surface area (Å²) in [6, 6.07) is 13.2. The molecule has 5 nitrogen and oxygen atoms in total. The van der Waals surface area contributed by atoms with Crippen LogP contribution >= 0.6 is 11.3 Å². The number of nitriles is 1. The van der Waals surface area contributed by atoms with Crippen LogP contribution in [-0.2, 0) is 6.42 Å². The molecule has 0 bridgehead atoms. The average molecular weight is 394 g/mol. The molecule has 0 saturated carbocycles. The quantitative estimate of drug-likeness (QED) is 0.700. The first kappa shape index (κ1) is 18.0. The lowest BCUT2D eigenvalue weighted by molar-refractivity contribution is 0.102. The van der Waals surface area contributed by atoms with Crippen molar-refractivity contribution in [2.75, 3.05) is 12.1 Å². The van der Waals surface area contributed by atoms with Gasteiger partial charge in [0.25, 0.3) is 5.91 Å². The van der Waals surface area contributed by atoms with E-state index in [9.17, 15) is 14.4 Å². The third kappa shape index (κ3) is 3.42. The Morgan fingerprint density at radius 1 is 1.21 bits per heavy atom. The van der Waals surface area contributed by atoms with Crippen LogP contribution in [-0.4, -0.2) is 12.7 Å². The number of anilines is 1. The standard InChI is InChI=1S/C21H15FN2O3S/c1-12-16(10-23)21(24-20(25)14-3-5-15(22)6-4-14)28-19(12)9-13-2-7-17-18(8-13)27-11-26-17/h2-8H,9,11H2,1H3,(H,24,25). The number of hydrogen-bond donors (Lipinski definition) is 1. The number of hydrogen-bond acceptors (Lipinski definition) is 5. The molecule has 1 N–H and O–H groups in total. The third-order valence-electron chi connectivity index (χ3n) is 4.49. The number of nitrogens with one attached hydrogen (secondary N) is 1. The van der Waals surface area contributed by atoms with E-state index in [1.807, 2.05) is 25.1 Å². The maximum absolute atomic E-state index is 13.1. The molecule has 0 saturated heterocycles. The van der Waals surface area contributed by atoms with Gasteiger partial charge < -0.3 is 14.8 Å². The van der Waals surface area contributed by atoms with Crippen LogP contribution in [0.15, 0.2) is 42.5 Å². The van der Waals surface area contributed by atoms with Crippen LogP contribution in [0.4, 0.5) is 9.39 Å². The number of ether oxygens (including phenoxy) is 2. The summed E-state index contributed by atoms with van der Waals surface area (Å²) < 4.78 is 23.8. The number of amides is 1. The van der Waals surface area contributed by atoms with Gasteiger partial charge in [-0.3, -0.25) is 4.79 Å². The van der Waals surface area contributed by atoms with Gasteiger partial charge in [0.2, 0.25) is 6.79 Å². The largest absolute Gasteiger partial charge is 0.454 e. The lowest BCUT2D eigenvalue weighted by Crippen LogP contribution is -2.11. The highest BCUT2D eigenvalue weighted by molar-refractivity contribution is 7.16. The molecule has 0 aliphatic carbocycles. The van der Waals surface area contributed by atoms with Gasteiger partial charge in [-0.15, -0.1) is 11.3 Å². The number of carbonyl (C=O) groups excluding carboxylic acids is 1. The zero-order valence-electron chi connectivity index (χ0n) is 14.9. The van der Waals surface area contributed by atoms with Crippen molar-refractivity contribution in [3.05, 3.63) is 75.4 Å². The second-order valence-electron chi connectivity index (χ2n) is 6.29. The summed E-state index contributed by atoms with van der Waals surface area (Å²) >= 11 is 1.36. The Morgan fingerprint density at radius 2 is 1.96 bits per heavy atom. The van der Waals surface area contributed by atoms with Crippen molar-refractivity contribution in [2.45, 2.75) is 13.3 Å². The van der Waals surface area contributed by atoms with Gasteiger partial charge in [-0.25, -0.2) is 4.39 Å². The van der Waals surface area contributed by atoms with Crippen molar-refractivity contribution in [3.8, 4) is 17.6 Å². The van der Waals surface area contributed by atoms with Gasteiger partial charge in [0, 0.05) is 16.9 Å². The molecule has 0 atom stereocenters. The van der Waals surface area contributed by atoms with Crippen molar-refractivity contribution in [3.63, 3.8) is 0 Å². The summed E-state index contributed by atoms with van der Waals surface area (Å²) in [5.41, 5.74) is 2.62. The Balaban J connectivity index is 1.58. The molecule has 140 valence electrons. The van der Waals surface area contributed by atoms with Crippen LogP contribution in [0.2, 0.25) is 0 Å². The van der Waals surface area contributed by atoms with Crippen LogP contribution in [0.25, 0.3) is 0 Å². The maximum Gasteiger partial charge on any atom is 0.256 e. The molecule has 28 heavy (non-hydrogen) atoms. The van der Waals surface area contributed by atoms with Gasteiger partial charge >= 0.3 is 0 Å². The van der Waals surface area contributed by atoms with Gasteiger partial charge in [-0.1, -0.05) is 6.07 Å². The molecular weight excluding hydrogens is 379 g/mol. The van der Waals surface area contributed by atoms with Crippen molar-refractivity contribution in [2.24, 2.45) is 0 Å². The van der Waals surface area contributed by atoms with E-state index < -0.39 is 5.82 Å². The van der Waals surface area contributed by atoms with E-state index in [-0.39, 0.29) is 12.7 Å². The number of halogens is 1. The maximum atomic E-state index is 13.1. The fourth-order valence-corrected chi connectivity index (χ4v) is 4.15.